The van der Waals surface area contributed by atoms with Gasteiger partial charge in [0, 0.05) is 24.3 Å². The minimum atomic E-state index is -0.246. The summed E-state index contributed by atoms with van der Waals surface area (Å²) in [4.78, 5) is 14.9. The molecule has 1 aliphatic rings. The molecule has 1 fully saturated rings. The van der Waals surface area contributed by atoms with Gasteiger partial charge in [0.15, 0.2) is 5.11 Å². The van der Waals surface area contributed by atoms with Crippen LogP contribution in [0.5, 0.6) is 0 Å². The topological polar surface area (TPSA) is 44.4 Å². The first-order chi connectivity index (χ1) is 14.1. The minimum absolute atomic E-state index is 0.241. The molecule has 4 nitrogen and oxygen atoms in total. The smallest absolute Gasteiger partial charge is 0.257 e. The van der Waals surface area contributed by atoms with Crippen molar-refractivity contribution in [1.29, 1.82) is 0 Å². The first kappa shape index (κ1) is 19.7. The van der Waals surface area contributed by atoms with Crippen molar-refractivity contribution in [2.45, 2.75) is 19.3 Å². The Balaban J connectivity index is 1.40. The van der Waals surface area contributed by atoms with Crippen molar-refractivity contribution in [1.82, 2.24) is 5.32 Å². The number of hydrogen-bond acceptors (Lipinski definition) is 3. The highest BCUT2D eigenvalue weighted by molar-refractivity contribution is 7.80. The van der Waals surface area contributed by atoms with E-state index in [1.165, 1.54) is 19.3 Å². The molecule has 1 saturated heterocycles. The summed E-state index contributed by atoms with van der Waals surface area (Å²) in [7, 11) is 0. The number of halogens is 1. The number of benzene rings is 3. The van der Waals surface area contributed by atoms with Crippen molar-refractivity contribution < 1.29 is 4.79 Å². The second-order valence-corrected chi connectivity index (χ2v) is 8.00. The van der Waals surface area contributed by atoms with Gasteiger partial charge in [0.25, 0.3) is 5.91 Å². The molecule has 3 aromatic rings. The maximum Gasteiger partial charge on any atom is 0.257 e. The summed E-state index contributed by atoms with van der Waals surface area (Å²) in [6.07, 6.45) is 3.67. The molecule has 0 radical (unpaired) electrons. The maximum absolute atomic E-state index is 12.5. The molecule has 4 rings (SSSR count). The van der Waals surface area contributed by atoms with Crippen LogP contribution < -0.4 is 15.5 Å². The lowest BCUT2D eigenvalue weighted by Crippen LogP contribution is -2.34. The molecule has 2 N–H and O–H groups in total. The van der Waals surface area contributed by atoms with Crippen LogP contribution in [0.3, 0.4) is 0 Å². The quantitative estimate of drug-likeness (QED) is 0.537. The summed E-state index contributed by atoms with van der Waals surface area (Å²) < 4.78 is 0. The van der Waals surface area contributed by atoms with Gasteiger partial charge in [-0.15, -0.1) is 0 Å². The van der Waals surface area contributed by atoms with Gasteiger partial charge >= 0.3 is 0 Å². The van der Waals surface area contributed by atoms with Crippen molar-refractivity contribution in [3.63, 3.8) is 0 Å². The molecule has 148 valence electrons. The maximum atomic E-state index is 12.5. The standard InChI is InChI=1S/C23H22ClN3OS/c24-20-15-19(10-11-21(20)27-12-4-1-5-13-27)25-23(29)26-22(28)18-9-8-16-6-2-3-7-17(16)14-18/h2-3,6-11,14-15H,1,4-5,12-13H2,(H2,25,26,28,29). The van der Waals surface area contributed by atoms with E-state index in [2.05, 4.69) is 15.5 Å². The largest absolute Gasteiger partial charge is 0.370 e. The fourth-order valence-corrected chi connectivity index (χ4v) is 4.15. The zero-order valence-corrected chi connectivity index (χ0v) is 17.5. The molecule has 0 saturated carbocycles. The van der Waals surface area contributed by atoms with Crippen LogP contribution in [-0.2, 0) is 0 Å². The van der Waals surface area contributed by atoms with Crippen molar-refractivity contribution in [3.05, 3.63) is 71.2 Å². The SMILES string of the molecule is O=C(NC(=S)Nc1ccc(N2CCCCC2)c(Cl)c1)c1ccc2ccccc2c1. The number of carbonyl (C=O) groups is 1. The van der Waals surface area contributed by atoms with E-state index >= 15 is 0 Å². The van der Waals surface area contributed by atoms with Crippen LogP contribution in [0.1, 0.15) is 29.6 Å². The first-order valence-electron chi connectivity index (χ1n) is 9.76. The molecule has 0 atom stereocenters. The Hall–Kier alpha value is -2.63. The van der Waals surface area contributed by atoms with Crippen molar-refractivity contribution >= 4 is 57.0 Å². The zero-order chi connectivity index (χ0) is 20.2. The number of anilines is 2. The highest BCUT2D eigenvalue weighted by Gasteiger charge is 2.15. The van der Waals surface area contributed by atoms with Crippen molar-refractivity contribution in [2.24, 2.45) is 0 Å². The Morgan fingerprint density at radius 3 is 2.45 bits per heavy atom. The fourth-order valence-electron chi connectivity index (χ4n) is 3.64. The van der Waals surface area contributed by atoms with Gasteiger partial charge < -0.3 is 10.2 Å². The molecule has 1 heterocycles. The Morgan fingerprint density at radius 1 is 0.931 bits per heavy atom. The minimum Gasteiger partial charge on any atom is -0.370 e. The van der Waals surface area contributed by atoms with Gasteiger partial charge in [-0.2, -0.15) is 0 Å². The number of nitrogens with one attached hydrogen (secondary N) is 2. The fraction of sp³-hybridized carbons (Fsp3) is 0.217. The van der Waals surface area contributed by atoms with Crippen molar-refractivity contribution in [3.8, 4) is 0 Å². The van der Waals surface area contributed by atoms with Crippen LogP contribution in [0.4, 0.5) is 11.4 Å². The third-order valence-corrected chi connectivity index (χ3v) is 5.65. The lowest BCUT2D eigenvalue weighted by atomic mass is 10.1. The summed E-state index contributed by atoms with van der Waals surface area (Å²) in [6, 6.07) is 19.3. The number of amides is 1. The van der Waals surface area contributed by atoms with Gasteiger partial charge in [-0.25, -0.2) is 0 Å². The molecule has 0 unspecified atom stereocenters. The van der Waals surface area contributed by atoms with Gasteiger partial charge in [-0.05, 0) is 72.6 Å². The average Bonchev–Trinajstić information content (AvgIpc) is 2.74. The molecule has 6 heteroatoms. The van der Waals surface area contributed by atoms with Crippen LogP contribution in [0, 0.1) is 0 Å². The molecule has 29 heavy (non-hydrogen) atoms. The van der Waals surface area contributed by atoms with Crippen LogP contribution in [0.2, 0.25) is 5.02 Å². The van der Waals surface area contributed by atoms with Gasteiger partial charge in [0.2, 0.25) is 0 Å². The third-order valence-electron chi connectivity index (χ3n) is 5.14. The first-order valence-corrected chi connectivity index (χ1v) is 10.5. The second kappa shape index (κ2) is 8.80. The number of hydrogen-bond donors (Lipinski definition) is 2. The van der Waals surface area contributed by atoms with Gasteiger partial charge in [-0.3, -0.25) is 10.1 Å². The van der Waals surface area contributed by atoms with E-state index < -0.39 is 0 Å². The van der Waals surface area contributed by atoms with E-state index in [9.17, 15) is 4.79 Å². The van der Waals surface area contributed by atoms with Crippen molar-refractivity contribution in [2.75, 3.05) is 23.3 Å². The summed E-state index contributed by atoms with van der Waals surface area (Å²) in [6.45, 7) is 2.07. The van der Waals surface area contributed by atoms with E-state index in [1.54, 1.807) is 6.07 Å². The Labute approximate surface area is 180 Å². The summed E-state index contributed by atoms with van der Waals surface area (Å²) in [5.41, 5.74) is 2.36. The van der Waals surface area contributed by atoms with Crippen LogP contribution in [0.15, 0.2) is 60.7 Å². The average molecular weight is 424 g/mol. The summed E-state index contributed by atoms with van der Waals surface area (Å²) in [5, 5.41) is 8.81. The van der Waals surface area contributed by atoms with Crippen LogP contribution in [-0.4, -0.2) is 24.1 Å². The molecular formula is C23H22ClN3OS. The molecule has 0 aliphatic carbocycles. The predicted octanol–water partition coefficient (Wildman–Crippen LogP) is 5.61. The molecule has 1 aliphatic heterocycles. The highest BCUT2D eigenvalue weighted by Crippen LogP contribution is 2.30. The molecule has 3 aromatic carbocycles. The lowest BCUT2D eigenvalue weighted by Gasteiger charge is -2.29. The third kappa shape index (κ3) is 4.69. The Bertz CT molecular complexity index is 1060. The highest BCUT2D eigenvalue weighted by atomic mass is 35.5. The van der Waals surface area contributed by atoms with E-state index in [-0.39, 0.29) is 11.0 Å². The monoisotopic (exact) mass is 423 g/mol. The molecule has 1 amide bonds. The lowest BCUT2D eigenvalue weighted by molar-refractivity contribution is 0.0978. The van der Waals surface area contributed by atoms with Gasteiger partial charge in [-0.1, -0.05) is 41.9 Å². The molecule has 0 aromatic heterocycles. The van der Waals surface area contributed by atoms with Gasteiger partial charge in [0.1, 0.15) is 0 Å². The van der Waals surface area contributed by atoms with Crippen LogP contribution >= 0.6 is 23.8 Å². The number of rotatable bonds is 3. The van der Waals surface area contributed by atoms with Crippen LogP contribution in [0.25, 0.3) is 10.8 Å². The van der Waals surface area contributed by atoms with Gasteiger partial charge in [0.05, 0.1) is 10.7 Å². The number of thiocarbonyl (C=S) groups is 1. The van der Waals surface area contributed by atoms with E-state index in [4.69, 9.17) is 23.8 Å². The normalized spacial score (nSPS) is 13.9. The second-order valence-electron chi connectivity index (χ2n) is 7.18. The predicted molar refractivity (Wildman–Crippen MR) is 125 cm³/mol. The molecule has 0 spiro atoms. The van der Waals surface area contributed by atoms with E-state index in [0.717, 1.165) is 35.2 Å². The zero-order valence-electron chi connectivity index (χ0n) is 16.0. The molecular weight excluding hydrogens is 402 g/mol. The molecule has 0 bridgehead atoms. The number of fused-ring (bicyclic) bond motifs is 1. The Kier molecular flexibility index (Phi) is 5.97. The number of piperidine rings is 1. The number of nitrogens with zero attached hydrogens (tertiary/aromatic N) is 1. The van der Waals surface area contributed by atoms with E-state index in [0.29, 0.717) is 10.6 Å². The summed E-state index contributed by atoms with van der Waals surface area (Å²) >= 11 is 11.8. The summed E-state index contributed by atoms with van der Waals surface area (Å²) in [5.74, 6) is -0.246. The number of carbonyl (C=O) groups excluding carboxylic acids is 1. The van der Waals surface area contributed by atoms with E-state index in [1.807, 2.05) is 54.6 Å². The Morgan fingerprint density at radius 2 is 1.69 bits per heavy atom.